The van der Waals surface area contributed by atoms with Gasteiger partial charge in [0.05, 0.1) is 36.1 Å². The Kier molecular flexibility index (Phi) is 6.48. The van der Waals surface area contributed by atoms with Crippen molar-refractivity contribution in [3.63, 3.8) is 0 Å². The van der Waals surface area contributed by atoms with E-state index in [-0.39, 0.29) is 22.2 Å². The summed E-state index contributed by atoms with van der Waals surface area (Å²) in [4.78, 5) is 0. The van der Waals surface area contributed by atoms with Crippen molar-refractivity contribution in [2.24, 2.45) is 0 Å². The summed E-state index contributed by atoms with van der Waals surface area (Å²) in [7, 11) is 0. The lowest BCUT2D eigenvalue weighted by molar-refractivity contribution is 0.0576. The monoisotopic (exact) mass is 408 g/mol. The molecule has 2 atom stereocenters. The summed E-state index contributed by atoms with van der Waals surface area (Å²) < 4.78 is 5.43. The van der Waals surface area contributed by atoms with E-state index in [2.05, 4.69) is 64.7 Å². The zero-order valence-electron chi connectivity index (χ0n) is 17.0. The number of hydrogen-bond donors (Lipinski definition) is 0. The van der Waals surface area contributed by atoms with E-state index in [0.29, 0.717) is 0 Å². The van der Waals surface area contributed by atoms with Gasteiger partial charge in [-0.05, 0) is 93.9 Å². The van der Waals surface area contributed by atoms with Crippen LogP contribution in [0, 0.1) is 0 Å². The van der Waals surface area contributed by atoms with Gasteiger partial charge in [-0.1, -0.05) is 0 Å². The van der Waals surface area contributed by atoms with Gasteiger partial charge in [-0.25, -0.2) is 0 Å². The maximum atomic E-state index is 6.29. The summed E-state index contributed by atoms with van der Waals surface area (Å²) in [5, 5.41) is 0. The highest BCUT2D eigenvalue weighted by Gasteiger charge is 2.53. The van der Waals surface area contributed by atoms with Crippen molar-refractivity contribution in [2.75, 3.05) is 0 Å². The zero-order valence-corrected chi connectivity index (χ0v) is 20.6. The van der Waals surface area contributed by atoms with Gasteiger partial charge >= 0.3 is 0 Å². The Morgan fingerprint density at radius 3 is 0.958 bits per heavy atom. The van der Waals surface area contributed by atoms with Gasteiger partial charge in [0.1, 0.15) is 0 Å². The second-order valence-electron chi connectivity index (χ2n) is 10.2. The van der Waals surface area contributed by atoms with Crippen LogP contribution >= 0.6 is 13.9 Å². The molecule has 2 saturated heterocycles. The third kappa shape index (κ3) is 4.15. The number of hydrogen-bond acceptors (Lipinski definition) is 4. The standard InChI is InChI=1S/C18H38N2P2S2/c1-15(2)11-9-12-16(3,4)19(15)21(23)22(24)20-17(5,6)13-10-14-18(20,7)8/h21-22H,9-14H2,1-8H3. The van der Waals surface area contributed by atoms with E-state index in [1.807, 2.05) is 0 Å². The Morgan fingerprint density at radius 2 is 0.750 bits per heavy atom. The Morgan fingerprint density at radius 1 is 0.542 bits per heavy atom. The van der Waals surface area contributed by atoms with E-state index in [0.717, 1.165) is 0 Å². The van der Waals surface area contributed by atoms with Crippen molar-refractivity contribution in [3.8, 4) is 0 Å². The molecule has 24 heavy (non-hydrogen) atoms. The van der Waals surface area contributed by atoms with E-state index in [9.17, 15) is 0 Å². The van der Waals surface area contributed by atoms with Gasteiger partial charge in [-0.3, -0.25) is 0 Å². The molecular formula is C18H38N2P2S2. The predicted octanol–water partition coefficient (Wildman–Crippen LogP) is 6.17. The molecule has 2 aliphatic rings. The van der Waals surface area contributed by atoms with Crippen molar-refractivity contribution in [3.05, 3.63) is 0 Å². The van der Waals surface area contributed by atoms with Gasteiger partial charge in [0.15, 0.2) is 0 Å². The smallest absolute Gasteiger partial charge is 0.0687 e. The first-order chi connectivity index (χ1) is 10.7. The SMILES string of the molecule is CC1(C)CCCC(C)(C)N1[PH+]([S-])[PH+]([S-])N1C(C)(C)CCCC1(C)C. The summed E-state index contributed by atoms with van der Waals surface area (Å²) in [6.07, 6.45) is 7.61. The maximum Gasteiger partial charge on any atom is 0.0687 e. The van der Waals surface area contributed by atoms with Crippen molar-refractivity contribution in [2.45, 2.75) is 116 Å². The first-order valence-electron chi connectivity index (χ1n) is 9.41. The van der Waals surface area contributed by atoms with E-state index < -0.39 is 13.9 Å². The first kappa shape index (κ1) is 21.8. The Balaban J connectivity index is 2.34. The second kappa shape index (κ2) is 7.14. The Bertz CT molecular complexity index is 392. The van der Waals surface area contributed by atoms with Gasteiger partial charge in [-0.2, -0.15) is 9.34 Å². The largest absolute Gasteiger partial charge is 0.502 e. The van der Waals surface area contributed by atoms with Crippen LogP contribution in [0.1, 0.15) is 93.9 Å². The van der Waals surface area contributed by atoms with Crippen LogP contribution in [-0.2, 0) is 24.5 Å². The lowest BCUT2D eigenvalue weighted by atomic mass is 9.83. The molecule has 6 heteroatoms. The average molecular weight is 409 g/mol. The van der Waals surface area contributed by atoms with Gasteiger partial charge in [-0.15, -0.1) is 0 Å². The zero-order chi connectivity index (χ0) is 18.6. The van der Waals surface area contributed by atoms with Crippen LogP contribution in [0.5, 0.6) is 0 Å². The highest BCUT2D eigenvalue weighted by Crippen LogP contribution is 2.77. The molecule has 0 N–H and O–H groups in total. The summed E-state index contributed by atoms with van der Waals surface area (Å²) >= 11 is 12.6. The summed E-state index contributed by atoms with van der Waals surface area (Å²) in [5.41, 5.74) is 0.764. The van der Waals surface area contributed by atoms with Crippen LogP contribution in [0.4, 0.5) is 0 Å². The Labute approximate surface area is 163 Å². The molecule has 0 radical (unpaired) electrons. The lowest BCUT2D eigenvalue weighted by Gasteiger charge is -2.58. The van der Waals surface area contributed by atoms with E-state index >= 15 is 0 Å². The lowest BCUT2D eigenvalue weighted by Crippen LogP contribution is -2.57. The van der Waals surface area contributed by atoms with Gasteiger partial charge in [0, 0.05) is 0 Å². The van der Waals surface area contributed by atoms with Crippen molar-refractivity contribution >= 4 is 38.4 Å². The van der Waals surface area contributed by atoms with Crippen molar-refractivity contribution in [1.29, 1.82) is 0 Å². The van der Waals surface area contributed by atoms with Gasteiger partial charge in [0.2, 0.25) is 0 Å². The van der Waals surface area contributed by atoms with Crippen LogP contribution < -0.4 is 0 Å². The van der Waals surface area contributed by atoms with Gasteiger partial charge < -0.3 is 24.5 Å². The molecule has 2 rings (SSSR count). The fraction of sp³-hybridized carbons (Fsp3) is 1.00. The molecule has 142 valence electrons. The molecule has 0 aromatic rings. The average Bonchev–Trinajstić information content (AvgIpc) is 2.33. The summed E-state index contributed by atoms with van der Waals surface area (Å²) in [5.74, 6) is 0. The fourth-order valence-electron chi connectivity index (χ4n) is 5.28. The molecule has 2 heterocycles. The predicted molar refractivity (Wildman–Crippen MR) is 119 cm³/mol. The Hall–Kier alpha value is 1.48. The van der Waals surface area contributed by atoms with Crippen molar-refractivity contribution < 1.29 is 0 Å². The summed E-state index contributed by atoms with van der Waals surface area (Å²) in [6, 6.07) is 0. The minimum absolute atomic E-state index is 0.191. The molecule has 2 unspecified atom stereocenters. The molecule has 0 spiro atoms. The number of nitrogens with zero attached hydrogens (tertiary/aromatic N) is 2. The normalized spacial score (nSPS) is 32.2. The fourth-order valence-corrected chi connectivity index (χ4v) is 17.7. The van der Waals surface area contributed by atoms with E-state index in [4.69, 9.17) is 24.5 Å². The van der Waals surface area contributed by atoms with Crippen LogP contribution in [0.3, 0.4) is 0 Å². The molecule has 2 fully saturated rings. The molecule has 2 nitrogen and oxygen atoms in total. The maximum absolute atomic E-state index is 6.29. The minimum atomic E-state index is -1.16. The highest BCUT2D eigenvalue weighted by molar-refractivity contribution is 8.78. The highest BCUT2D eigenvalue weighted by atomic mass is 33.0. The molecule has 0 aromatic heterocycles. The van der Waals surface area contributed by atoms with Gasteiger partial charge in [0.25, 0.3) is 0 Å². The summed E-state index contributed by atoms with van der Waals surface area (Å²) in [6.45, 7) is 16.8. The minimum Gasteiger partial charge on any atom is -0.502 e. The second-order valence-corrected chi connectivity index (χ2v) is 19.7. The van der Waals surface area contributed by atoms with E-state index in [1.165, 1.54) is 38.5 Å². The quantitative estimate of drug-likeness (QED) is 0.407. The molecule has 0 saturated carbocycles. The molecular weight excluding hydrogens is 370 g/mol. The molecule has 0 bridgehead atoms. The van der Waals surface area contributed by atoms with E-state index in [1.54, 1.807) is 0 Å². The third-order valence-corrected chi connectivity index (χ3v) is 17.9. The first-order valence-corrected chi connectivity index (χ1v) is 15.6. The van der Waals surface area contributed by atoms with Crippen LogP contribution in [0.15, 0.2) is 0 Å². The molecule has 0 aliphatic carbocycles. The topological polar surface area (TPSA) is 6.48 Å². The molecule has 0 amide bonds. The van der Waals surface area contributed by atoms with Crippen molar-refractivity contribution in [1.82, 2.24) is 9.34 Å². The number of piperidine rings is 2. The molecule has 0 aromatic carbocycles. The molecule has 2 aliphatic heterocycles. The van der Waals surface area contributed by atoms with Crippen LogP contribution in [0.2, 0.25) is 0 Å². The van der Waals surface area contributed by atoms with Crippen LogP contribution in [-0.4, -0.2) is 31.5 Å². The number of rotatable bonds is 3. The third-order valence-electron chi connectivity index (χ3n) is 6.16. The van der Waals surface area contributed by atoms with Crippen LogP contribution in [0.25, 0.3) is 0 Å².